The first-order chi connectivity index (χ1) is 14.2. The third-order valence-electron chi connectivity index (χ3n) is 5.92. The van der Waals surface area contributed by atoms with E-state index in [-0.39, 0.29) is 11.8 Å². The largest absolute Gasteiger partial charge is 0.497 e. The van der Waals surface area contributed by atoms with E-state index in [9.17, 15) is 9.59 Å². The molecule has 0 aliphatic carbocycles. The van der Waals surface area contributed by atoms with Gasteiger partial charge in [-0.25, -0.2) is 0 Å². The molecule has 1 fully saturated rings. The molecule has 2 aromatic rings. The van der Waals surface area contributed by atoms with E-state index in [1.807, 2.05) is 38.7 Å². The van der Waals surface area contributed by atoms with Gasteiger partial charge in [0.15, 0.2) is 0 Å². The fourth-order valence-electron chi connectivity index (χ4n) is 4.13. The number of rotatable bonds is 5. The normalized spacial score (nSPS) is 16.4. The summed E-state index contributed by atoms with van der Waals surface area (Å²) in [6.45, 7) is 3.25. The zero-order chi connectivity index (χ0) is 20.2. The average molecular weight is 396 g/mol. The van der Waals surface area contributed by atoms with Gasteiger partial charge >= 0.3 is 0 Å². The molecule has 2 aliphatic heterocycles. The van der Waals surface area contributed by atoms with Crippen molar-refractivity contribution in [3.63, 3.8) is 0 Å². The quantitative estimate of drug-likeness (QED) is 0.777. The molecule has 1 saturated heterocycles. The van der Waals surface area contributed by atoms with E-state index in [2.05, 4.69) is 5.10 Å². The molecular formula is C22H28N4O3. The molecule has 1 aromatic heterocycles. The minimum Gasteiger partial charge on any atom is -0.497 e. The van der Waals surface area contributed by atoms with Crippen molar-refractivity contribution in [2.75, 3.05) is 33.3 Å². The van der Waals surface area contributed by atoms with Gasteiger partial charge in [-0.3, -0.25) is 14.3 Å². The van der Waals surface area contributed by atoms with Crippen molar-refractivity contribution in [1.82, 2.24) is 19.6 Å². The van der Waals surface area contributed by atoms with Gasteiger partial charge in [-0.1, -0.05) is 12.1 Å². The molecule has 29 heavy (non-hydrogen) atoms. The molecule has 7 nitrogen and oxygen atoms in total. The van der Waals surface area contributed by atoms with Crippen molar-refractivity contribution in [2.45, 2.75) is 38.6 Å². The molecule has 0 unspecified atom stereocenters. The molecular weight excluding hydrogens is 368 g/mol. The standard InChI is InChI=1S/C22H28N4O3/c1-29-18-8-5-17(6-9-18)7-10-21(27)24-12-14-25(15-13-24)22(28)19-16-23-26-11-3-2-4-20(19)26/h5-6,8-9,16H,2-4,7,10-15H2,1H3. The van der Waals surface area contributed by atoms with Gasteiger partial charge in [-0.05, 0) is 43.4 Å². The van der Waals surface area contributed by atoms with Gasteiger partial charge in [-0.2, -0.15) is 5.10 Å². The zero-order valence-electron chi connectivity index (χ0n) is 17.0. The van der Waals surface area contributed by atoms with Gasteiger partial charge in [-0.15, -0.1) is 0 Å². The summed E-state index contributed by atoms with van der Waals surface area (Å²) < 4.78 is 7.13. The molecule has 1 aromatic carbocycles. The number of hydrogen-bond acceptors (Lipinski definition) is 4. The number of nitrogens with zero attached hydrogens (tertiary/aromatic N) is 4. The number of fused-ring (bicyclic) bond motifs is 1. The molecule has 0 spiro atoms. The second kappa shape index (κ2) is 8.68. The number of aromatic nitrogens is 2. The Kier molecular flexibility index (Phi) is 5.83. The van der Waals surface area contributed by atoms with Gasteiger partial charge in [0.25, 0.3) is 5.91 Å². The Labute approximate surface area is 171 Å². The Morgan fingerprint density at radius 1 is 1.00 bits per heavy atom. The number of benzene rings is 1. The number of hydrogen-bond donors (Lipinski definition) is 0. The third-order valence-corrected chi connectivity index (χ3v) is 5.92. The topological polar surface area (TPSA) is 67.7 Å². The van der Waals surface area contributed by atoms with Crippen molar-refractivity contribution >= 4 is 11.8 Å². The van der Waals surface area contributed by atoms with Crippen LogP contribution in [0, 0.1) is 0 Å². The van der Waals surface area contributed by atoms with Crippen LogP contribution < -0.4 is 4.74 Å². The number of carbonyl (C=O) groups excluding carboxylic acids is 2. The Morgan fingerprint density at radius 2 is 1.72 bits per heavy atom. The molecule has 2 aliphatic rings. The smallest absolute Gasteiger partial charge is 0.257 e. The highest BCUT2D eigenvalue weighted by Gasteiger charge is 2.28. The maximum Gasteiger partial charge on any atom is 0.257 e. The second-order valence-corrected chi connectivity index (χ2v) is 7.71. The first-order valence-electron chi connectivity index (χ1n) is 10.4. The molecule has 2 amide bonds. The van der Waals surface area contributed by atoms with Crippen LogP contribution in [-0.2, 0) is 24.2 Å². The molecule has 3 heterocycles. The van der Waals surface area contributed by atoms with Gasteiger partial charge in [0.2, 0.25) is 5.91 Å². The van der Waals surface area contributed by atoms with E-state index in [1.54, 1.807) is 13.3 Å². The van der Waals surface area contributed by atoms with Crippen molar-refractivity contribution in [3.05, 3.63) is 47.3 Å². The Hall–Kier alpha value is -2.83. The van der Waals surface area contributed by atoms with E-state index in [1.165, 1.54) is 0 Å². The van der Waals surface area contributed by atoms with E-state index in [0.717, 1.165) is 48.4 Å². The molecule has 0 atom stereocenters. The van der Waals surface area contributed by atoms with Crippen LogP contribution >= 0.6 is 0 Å². The fourth-order valence-corrected chi connectivity index (χ4v) is 4.13. The van der Waals surface area contributed by atoms with Crippen LogP contribution in [0.5, 0.6) is 5.75 Å². The fraction of sp³-hybridized carbons (Fsp3) is 0.500. The molecule has 0 N–H and O–H groups in total. The SMILES string of the molecule is COc1ccc(CCC(=O)N2CCN(C(=O)c3cnn4c3CCCC4)CC2)cc1. The predicted molar refractivity (Wildman–Crippen MR) is 109 cm³/mol. The van der Waals surface area contributed by atoms with E-state index in [0.29, 0.717) is 39.0 Å². The maximum atomic E-state index is 12.9. The van der Waals surface area contributed by atoms with Gasteiger partial charge in [0.1, 0.15) is 5.75 Å². The van der Waals surface area contributed by atoms with Crippen molar-refractivity contribution in [2.24, 2.45) is 0 Å². The van der Waals surface area contributed by atoms with E-state index >= 15 is 0 Å². The molecule has 0 bridgehead atoms. The number of aryl methyl sites for hydroxylation is 2. The Bertz CT molecular complexity index is 867. The van der Waals surface area contributed by atoms with Gasteiger partial charge in [0.05, 0.1) is 24.6 Å². The summed E-state index contributed by atoms with van der Waals surface area (Å²) in [5, 5.41) is 4.38. The summed E-state index contributed by atoms with van der Waals surface area (Å²) in [7, 11) is 1.64. The van der Waals surface area contributed by atoms with E-state index < -0.39 is 0 Å². The van der Waals surface area contributed by atoms with E-state index in [4.69, 9.17) is 4.74 Å². The minimum atomic E-state index is 0.0541. The summed E-state index contributed by atoms with van der Waals surface area (Å²) in [4.78, 5) is 29.2. The van der Waals surface area contributed by atoms with Crippen LogP contribution in [0.2, 0.25) is 0 Å². The summed E-state index contributed by atoms with van der Waals surface area (Å²) >= 11 is 0. The van der Waals surface area contributed by atoms with Crippen LogP contribution in [0.1, 0.15) is 40.9 Å². The van der Waals surface area contributed by atoms with Crippen molar-refractivity contribution in [1.29, 1.82) is 0 Å². The van der Waals surface area contributed by atoms with Crippen LogP contribution in [0.3, 0.4) is 0 Å². The lowest BCUT2D eigenvalue weighted by Crippen LogP contribution is -2.50. The first-order valence-corrected chi connectivity index (χ1v) is 10.4. The minimum absolute atomic E-state index is 0.0541. The van der Waals surface area contributed by atoms with Crippen molar-refractivity contribution in [3.8, 4) is 5.75 Å². The highest BCUT2D eigenvalue weighted by Crippen LogP contribution is 2.20. The summed E-state index contributed by atoms with van der Waals surface area (Å²) in [5.74, 6) is 1.02. The average Bonchev–Trinajstić information content (AvgIpc) is 3.21. The summed E-state index contributed by atoms with van der Waals surface area (Å²) in [6.07, 6.45) is 6.07. The van der Waals surface area contributed by atoms with Crippen LogP contribution in [0.4, 0.5) is 0 Å². The van der Waals surface area contributed by atoms with Crippen LogP contribution in [0.25, 0.3) is 0 Å². The summed E-state index contributed by atoms with van der Waals surface area (Å²) in [5.41, 5.74) is 2.93. The number of ether oxygens (including phenoxy) is 1. The van der Waals surface area contributed by atoms with Gasteiger partial charge < -0.3 is 14.5 Å². The molecule has 0 saturated carbocycles. The Balaban J connectivity index is 1.28. The maximum absolute atomic E-state index is 12.9. The molecule has 4 rings (SSSR count). The predicted octanol–water partition coefficient (Wildman–Crippen LogP) is 2.15. The van der Waals surface area contributed by atoms with Gasteiger partial charge in [0, 0.05) is 39.1 Å². The Morgan fingerprint density at radius 3 is 2.45 bits per heavy atom. The molecule has 7 heteroatoms. The second-order valence-electron chi connectivity index (χ2n) is 7.71. The highest BCUT2D eigenvalue weighted by atomic mass is 16.5. The molecule has 154 valence electrons. The number of carbonyl (C=O) groups is 2. The first kappa shape index (κ1) is 19.5. The monoisotopic (exact) mass is 396 g/mol. The lowest BCUT2D eigenvalue weighted by atomic mass is 10.1. The molecule has 0 radical (unpaired) electrons. The summed E-state index contributed by atoms with van der Waals surface area (Å²) in [6, 6.07) is 7.82. The van der Waals surface area contributed by atoms with Crippen molar-refractivity contribution < 1.29 is 14.3 Å². The van der Waals surface area contributed by atoms with Crippen LogP contribution in [-0.4, -0.2) is 64.7 Å². The highest BCUT2D eigenvalue weighted by molar-refractivity contribution is 5.95. The number of piperazine rings is 1. The third kappa shape index (κ3) is 4.28. The lowest BCUT2D eigenvalue weighted by Gasteiger charge is -2.35. The lowest BCUT2D eigenvalue weighted by molar-refractivity contribution is -0.132. The number of methoxy groups -OCH3 is 1. The number of amides is 2. The van der Waals surface area contributed by atoms with Crippen LogP contribution in [0.15, 0.2) is 30.5 Å². The zero-order valence-corrected chi connectivity index (χ0v) is 17.0.